The summed E-state index contributed by atoms with van der Waals surface area (Å²) < 4.78 is 0. The van der Waals surface area contributed by atoms with Crippen molar-refractivity contribution >= 4 is 17.5 Å². The first kappa shape index (κ1) is 16.2. The smallest absolute Gasteiger partial charge is 0.255 e. The van der Waals surface area contributed by atoms with Gasteiger partial charge in [0, 0.05) is 18.2 Å². The number of carbonyl (C=O) groups is 2. The standard InChI is InChI=1S/C19H21N3O2/c20-12-17(13-10-11-13)22-19(24)15-8-4-5-9-16(15)21-18(23)14-6-2-1-3-7-14/h1-9,13,17H,10-12,20H2,(H,21,23)(H,22,24). The molecule has 24 heavy (non-hydrogen) atoms. The molecule has 2 amide bonds. The number of benzene rings is 2. The van der Waals surface area contributed by atoms with Crippen molar-refractivity contribution < 1.29 is 9.59 Å². The zero-order chi connectivity index (χ0) is 16.9. The Morgan fingerprint density at radius 1 is 1.00 bits per heavy atom. The predicted octanol–water partition coefficient (Wildman–Crippen LogP) is 2.41. The zero-order valence-electron chi connectivity index (χ0n) is 13.4. The molecule has 124 valence electrons. The van der Waals surface area contributed by atoms with Gasteiger partial charge in [-0.05, 0) is 43.0 Å². The molecule has 5 nitrogen and oxygen atoms in total. The number of amides is 2. The fourth-order valence-corrected chi connectivity index (χ4v) is 2.69. The van der Waals surface area contributed by atoms with E-state index in [1.54, 1.807) is 48.5 Å². The predicted molar refractivity (Wildman–Crippen MR) is 93.9 cm³/mol. The molecule has 0 saturated heterocycles. The first-order valence-electron chi connectivity index (χ1n) is 8.15. The summed E-state index contributed by atoms with van der Waals surface area (Å²) in [5.41, 5.74) is 7.24. The highest BCUT2D eigenvalue weighted by molar-refractivity contribution is 6.09. The quantitative estimate of drug-likeness (QED) is 0.763. The maximum Gasteiger partial charge on any atom is 0.255 e. The average Bonchev–Trinajstić information content (AvgIpc) is 3.45. The number of carbonyl (C=O) groups excluding carboxylic acids is 2. The summed E-state index contributed by atoms with van der Waals surface area (Å²) in [7, 11) is 0. The molecule has 0 heterocycles. The zero-order valence-corrected chi connectivity index (χ0v) is 13.4. The number of para-hydroxylation sites is 1. The molecule has 1 aliphatic carbocycles. The Balaban J connectivity index is 1.75. The highest BCUT2D eigenvalue weighted by Gasteiger charge is 2.31. The van der Waals surface area contributed by atoms with E-state index in [9.17, 15) is 9.59 Å². The molecule has 0 bridgehead atoms. The molecule has 0 aliphatic heterocycles. The molecule has 1 saturated carbocycles. The van der Waals surface area contributed by atoms with Crippen LogP contribution < -0.4 is 16.4 Å². The van der Waals surface area contributed by atoms with Crippen molar-refractivity contribution in [1.29, 1.82) is 0 Å². The van der Waals surface area contributed by atoms with Crippen LogP contribution in [0.1, 0.15) is 33.6 Å². The van der Waals surface area contributed by atoms with Crippen LogP contribution in [0.25, 0.3) is 0 Å². The molecule has 1 fully saturated rings. The number of nitrogens with one attached hydrogen (secondary N) is 2. The lowest BCUT2D eigenvalue weighted by Crippen LogP contribution is -2.42. The molecule has 0 aromatic heterocycles. The number of anilines is 1. The minimum atomic E-state index is -0.242. The van der Waals surface area contributed by atoms with Crippen molar-refractivity contribution in [2.24, 2.45) is 11.7 Å². The highest BCUT2D eigenvalue weighted by Crippen LogP contribution is 2.32. The highest BCUT2D eigenvalue weighted by atomic mass is 16.2. The summed E-state index contributed by atoms with van der Waals surface area (Å²) in [6.45, 7) is 0.426. The summed E-state index contributed by atoms with van der Waals surface area (Å²) in [6, 6.07) is 15.9. The molecule has 0 spiro atoms. The number of hydrogen-bond donors (Lipinski definition) is 3. The van der Waals surface area contributed by atoms with E-state index >= 15 is 0 Å². The maximum atomic E-state index is 12.6. The van der Waals surface area contributed by atoms with E-state index in [0.717, 1.165) is 12.8 Å². The van der Waals surface area contributed by atoms with Crippen LogP contribution in [0.15, 0.2) is 54.6 Å². The van der Waals surface area contributed by atoms with Gasteiger partial charge in [0.1, 0.15) is 0 Å². The van der Waals surface area contributed by atoms with Gasteiger partial charge < -0.3 is 16.4 Å². The Kier molecular flexibility index (Phi) is 4.91. The number of hydrogen-bond acceptors (Lipinski definition) is 3. The van der Waals surface area contributed by atoms with Gasteiger partial charge in [-0.1, -0.05) is 30.3 Å². The van der Waals surface area contributed by atoms with Crippen LogP contribution in [-0.2, 0) is 0 Å². The molecule has 3 rings (SSSR count). The van der Waals surface area contributed by atoms with E-state index in [1.807, 2.05) is 6.07 Å². The first-order valence-corrected chi connectivity index (χ1v) is 8.15. The van der Waals surface area contributed by atoms with Crippen molar-refractivity contribution in [3.8, 4) is 0 Å². The van der Waals surface area contributed by atoms with Crippen LogP contribution in [0.3, 0.4) is 0 Å². The van der Waals surface area contributed by atoms with Crippen LogP contribution in [-0.4, -0.2) is 24.4 Å². The largest absolute Gasteiger partial charge is 0.348 e. The normalized spacial score (nSPS) is 14.7. The number of rotatable bonds is 6. The second-order valence-corrected chi connectivity index (χ2v) is 6.02. The third-order valence-electron chi connectivity index (χ3n) is 4.22. The Morgan fingerprint density at radius 3 is 2.33 bits per heavy atom. The Morgan fingerprint density at radius 2 is 1.67 bits per heavy atom. The van der Waals surface area contributed by atoms with Gasteiger partial charge in [-0.3, -0.25) is 9.59 Å². The van der Waals surface area contributed by atoms with E-state index in [1.165, 1.54) is 0 Å². The fraction of sp³-hybridized carbons (Fsp3) is 0.263. The van der Waals surface area contributed by atoms with E-state index in [-0.39, 0.29) is 17.9 Å². The van der Waals surface area contributed by atoms with Gasteiger partial charge in [0.2, 0.25) is 0 Å². The second-order valence-electron chi connectivity index (χ2n) is 6.02. The van der Waals surface area contributed by atoms with Gasteiger partial charge in [0.05, 0.1) is 11.3 Å². The molecule has 1 atom stereocenters. The lowest BCUT2D eigenvalue weighted by atomic mass is 10.1. The van der Waals surface area contributed by atoms with Crippen molar-refractivity contribution in [2.75, 3.05) is 11.9 Å². The van der Waals surface area contributed by atoms with Crippen molar-refractivity contribution in [3.63, 3.8) is 0 Å². The Hall–Kier alpha value is -2.66. The Labute approximate surface area is 141 Å². The van der Waals surface area contributed by atoms with Crippen LogP contribution in [0.4, 0.5) is 5.69 Å². The van der Waals surface area contributed by atoms with Gasteiger partial charge in [0.15, 0.2) is 0 Å². The van der Waals surface area contributed by atoms with Crippen LogP contribution >= 0.6 is 0 Å². The maximum absolute atomic E-state index is 12.6. The first-order chi connectivity index (χ1) is 11.7. The van der Waals surface area contributed by atoms with E-state index in [0.29, 0.717) is 29.3 Å². The SMILES string of the molecule is NCC(NC(=O)c1ccccc1NC(=O)c1ccccc1)C1CC1. The van der Waals surface area contributed by atoms with Crippen LogP contribution in [0, 0.1) is 5.92 Å². The van der Waals surface area contributed by atoms with E-state index in [2.05, 4.69) is 10.6 Å². The summed E-state index contributed by atoms with van der Waals surface area (Å²) in [4.78, 5) is 24.9. The molecular formula is C19H21N3O2. The summed E-state index contributed by atoms with van der Waals surface area (Å²) in [5, 5.41) is 5.80. The molecular weight excluding hydrogens is 302 g/mol. The van der Waals surface area contributed by atoms with Crippen LogP contribution in [0.2, 0.25) is 0 Å². The van der Waals surface area contributed by atoms with Gasteiger partial charge in [0.25, 0.3) is 11.8 Å². The van der Waals surface area contributed by atoms with Gasteiger partial charge in [-0.25, -0.2) is 0 Å². The fourth-order valence-electron chi connectivity index (χ4n) is 2.69. The summed E-state index contributed by atoms with van der Waals surface area (Å²) in [6.07, 6.45) is 2.21. The lowest BCUT2D eigenvalue weighted by molar-refractivity contribution is 0.0934. The molecule has 5 heteroatoms. The monoisotopic (exact) mass is 323 g/mol. The molecule has 4 N–H and O–H groups in total. The summed E-state index contributed by atoms with van der Waals surface area (Å²) in [5.74, 6) is 0.0275. The summed E-state index contributed by atoms with van der Waals surface area (Å²) >= 11 is 0. The van der Waals surface area contributed by atoms with Crippen molar-refractivity contribution in [3.05, 3.63) is 65.7 Å². The van der Waals surface area contributed by atoms with Crippen molar-refractivity contribution in [2.45, 2.75) is 18.9 Å². The molecule has 1 aliphatic rings. The topological polar surface area (TPSA) is 84.2 Å². The van der Waals surface area contributed by atoms with Crippen LogP contribution in [0.5, 0.6) is 0 Å². The lowest BCUT2D eigenvalue weighted by Gasteiger charge is -2.17. The third-order valence-corrected chi connectivity index (χ3v) is 4.22. The van der Waals surface area contributed by atoms with Gasteiger partial charge in [-0.2, -0.15) is 0 Å². The minimum absolute atomic E-state index is 0.00428. The third kappa shape index (κ3) is 3.81. The molecule has 1 unspecified atom stereocenters. The number of nitrogens with two attached hydrogens (primary N) is 1. The minimum Gasteiger partial charge on any atom is -0.348 e. The Bertz CT molecular complexity index is 726. The van der Waals surface area contributed by atoms with E-state index < -0.39 is 0 Å². The van der Waals surface area contributed by atoms with Gasteiger partial charge >= 0.3 is 0 Å². The second kappa shape index (κ2) is 7.27. The van der Waals surface area contributed by atoms with Crippen molar-refractivity contribution in [1.82, 2.24) is 5.32 Å². The molecule has 0 radical (unpaired) electrons. The molecule has 2 aromatic rings. The van der Waals surface area contributed by atoms with E-state index in [4.69, 9.17) is 5.73 Å². The molecule has 2 aromatic carbocycles. The van der Waals surface area contributed by atoms with Gasteiger partial charge in [-0.15, -0.1) is 0 Å². The average molecular weight is 323 g/mol.